The fraction of sp³-hybridized carbons (Fsp3) is 0.462. The van der Waals surface area contributed by atoms with Gasteiger partial charge in [-0.3, -0.25) is 0 Å². The number of hydrogen-bond acceptors (Lipinski definition) is 2. The Morgan fingerprint density at radius 3 is 2.81 bits per heavy atom. The first-order chi connectivity index (χ1) is 7.63. The largest absolute Gasteiger partial charge is 0.412 e. The first-order valence-corrected chi connectivity index (χ1v) is 5.69. The molecule has 1 aromatic rings. The van der Waals surface area contributed by atoms with Crippen LogP contribution in [0.25, 0.3) is 0 Å². The zero-order valence-corrected chi connectivity index (χ0v) is 10.1. The molecule has 1 N–H and O–H groups in total. The third-order valence-electron chi connectivity index (χ3n) is 2.25. The average Bonchev–Trinajstić information content (AvgIpc) is 2.26. The van der Waals surface area contributed by atoms with E-state index in [2.05, 4.69) is 19.2 Å². The number of nitrogens with one attached hydrogen (secondary N) is 1. The van der Waals surface area contributed by atoms with Gasteiger partial charge in [-0.05, 0) is 30.0 Å². The van der Waals surface area contributed by atoms with Crippen LogP contribution in [-0.2, 0) is 0 Å². The molecule has 0 bridgehead atoms. The van der Waals surface area contributed by atoms with E-state index in [9.17, 15) is 4.79 Å². The fourth-order valence-corrected chi connectivity index (χ4v) is 1.31. The van der Waals surface area contributed by atoms with Crippen LogP contribution in [0.2, 0.25) is 0 Å². The molecule has 0 aliphatic rings. The van der Waals surface area contributed by atoms with Crippen LogP contribution in [0.5, 0.6) is 5.75 Å². The van der Waals surface area contributed by atoms with Gasteiger partial charge < -0.3 is 10.1 Å². The van der Waals surface area contributed by atoms with E-state index in [1.165, 1.54) is 5.56 Å². The molecule has 0 heterocycles. The highest BCUT2D eigenvalue weighted by Crippen LogP contribution is 2.20. The second-order valence-corrected chi connectivity index (χ2v) is 4.04. The van der Waals surface area contributed by atoms with Gasteiger partial charge in [-0.15, -0.1) is 0 Å². The number of ether oxygens (including phenoxy) is 1. The summed E-state index contributed by atoms with van der Waals surface area (Å²) in [5, 5.41) is 2.67. The van der Waals surface area contributed by atoms with E-state index >= 15 is 0 Å². The van der Waals surface area contributed by atoms with Gasteiger partial charge in [-0.1, -0.05) is 32.9 Å². The molecule has 0 radical (unpaired) electrons. The van der Waals surface area contributed by atoms with Gasteiger partial charge in [0.25, 0.3) is 0 Å². The summed E-state index contributed by atoms with van der Waals surface area (Å²) in [5.41, 5.74) is 1.17. The Hall–Kier alpha value is -1.51. The second kappa shape index (κ2) is 6.16. The van der Waals surface area contributed by atoms with Crippen molar-refractivity contribution in [2.45, 2.75) is 33.1 Å². The third kappa shape index (κ3) is 3.93. The second-order valence-electron chi connectivity index (χ2n) is 4.04. The average molecular weight is 221 g/mol. The van der Waals surface area contributed by atoms with E-state index in [0.29, 0.717) is 18.2 Å². The minimum atomic E-state index is -0.386. The van der Waals surface area contributed by atoms with Gasteiger partial charge in [0.05, 0.1) is 0 Å². The van der Waals surface area contributed by atoms with Crippen molar-refractivity contribution in [2.75, 3.05) is 6.54 Å². The van der Waals surface area contributed by atoms with E-state index < -0.39 is 0 Å². The lowest BCUT2D eigenvalue weighted by Crippen LogP contribution is -2.27. The van der Waals surface area contributed by atoms with Crippen molar-refractivity contribution in [3.63, 3.8) is 0 Å². The highest BCUT2D eigenvalue weighted by atomic mass is 16.5. The Morgan fingerprint density at radius 2 is 2.19 bits per heavy atom. The molecule has 0 aliphatic carbocycles. The summed E-state index contributed by atoms with van der Waals surface area (Å²) in [5.74, 6) is 1.03. The van der Waals surface area contributed by atoms with Gasteiger partial charge in [-0.25, -0.2) is 4.79 Å². The number of carbonyl (C=O) groups excluding carboxylic acids is 1. The molecule has 1 rings (SSSR count). The SMILES string of the molecule is CCCNC(=O)Oc1cccc(C(C)C)c1. The van der Waals surface area contributed by atoms with Gasteiger partial charge >= 0.3 is 6.09 Å². The zero-order valence-electron chi connectivity index (χ0n) is 10.1. The van der Waals surface area contributed by atoms with Crippen molar-refractivity contribution in [2.24, 2.45) is 0 Å². The van der Waals surface area contributed by atoms with Crippen LogP contribution in [0, 0.1) is 0 Å². The van der Waals surface area contributed by atoms with Gasteiger partial charge in [0.15, 0.2) is 0 Å². The zero-order chi connectivity index (χ0) is 12.0. The third-order valence-corrected chi connectivity index (χ3v) is 2.25. The summed E-state index contributed by atoms with van der Waals surface area (Å²) >= 11 is 0. The quantitative estimate of drug-likeness (QED) is 0.847. The topological polar surface area (TPSA) is 38.3 Å². The monoisotopic (exact) mass is 221 g/mol. The molecule has 0 atom stereocenters. The number of amides is 1. The van der Waals surface area contributed by atoms with Gasteiger partial charge in [-0.2, -0.15) is 0 Å². The standard InChI is InChI=1S/C13H19NO2/c1-4-8-14-13(15)16-12-7-5-6-11(9-12)10(2)3/h5-7,9-10H,4,8H2,1-3H3,(H,14,15). The maximum absolute atomic E-state index is 11.3. The molecule has 0 aromatic heterocycles. The Kier molecular flexibility index (Phi) is 4.83. The smallest absolute Gasteiger partial charge is 0.410 e. The fourth-order valence-electron chi connectivity index (χ4n) is 1.31. The van der Waals surface area contributed by atoms with E-state index in [4.69, 9.17) is 4.74 Å². The summed E-state index contributed by atoms with van der Waals surface area (Å²) < 4.78 is 5.16. The maximum Gasteiger partial charge on any atom is 0.412 e. The predicted molar refractivity (Wildman–Crippen MR) is 64.8 cm³/mol. The number of benzene rings is 1. The van der Waals surface area contributed by atoms with E-state index in [1.807, 2.05) is 25.1 Å². The minimum absolute atomic E-state index is 0.386. The molecule has 0 fully saturated rings. The Labute approximate surface area is 96.8 Å². The van der Waals surface area contributed by atoms with Crippen molar-refractivity contribution in [1.82, 2.24) is 5.32 Å². The molecule has 3 heteroatoms. The first kappa shape index (κ1) is 12.6. The molecule has 3 nitrogen and oxygen atoms in total. The Balaban J connectivity index is 2.59. The van der Waals surface area contributed by atoms with Crippen LogP contribution in [0.1, 0.15) is 38.7 Å². The van der Waals surface area contributed by atoms with Crippen molar-refractivity contribution < 1.29 is 9.53 Å². The Bertz CT molecular complexity index is 348. The molecule has 88 valence electrons. The van der Waals surface area contributed by atoms with Crippen molar-refractivity contribution in [3.8, 4) is 5.75 Å². The van der Waals surface area contributed by atoms with E-state index in [0.717, 1.165) is 6.42 Å². The van der Waals surface area contributed by atoms with Crippen LogP contribution in [0.15, 0.2) is 24.3 Å². The number of hydrogen-bond donors (Lipinski definition) is 1. The van der Waals surface area contributed by atoms with Crippen LogP contribution in [0.4, 0.5) is 4.79 Å². The summed E-state index contributed by atoms with van der Waals surface area (Å²) in [6, 6.07) is 7.62. The predicted octanol–water partition coefficient (Wildman–Crippen LogP) is 3.31. The highest BCUT2D eigenvalue weighted by molar-refractivity contribution is 5.70. The summed E-state index contributed by atoms with van der Waals surface area (Å²) in [6.07, 6.45) is 0.518. The molecule has 0 saturated carbocycles. The number of rotatable bonds is 4. The maximum atomic E-state index is 11.3. The molecule has 16 heavy (non-hydrogen) atoms. The van der Waals surface area contributed by atoms with Crippen molar-refractivity contribution in [3.05, 3.63) is 29.8 Å². The lowest BCUT2D eigenvalue weighted by molar-refractivity contribution is 0.200. The molecule has 1 aromatic carbocycles. The molecule has 1 amide bonds. The summed E-state index contributed by atoms with van der Waals surface area (Å²) in [7, 11) is 0. The lowest BCUT2D eigenvalue weighted by atomic mass is 10.0. The molecule has 0 aliphatic heterocycles. The van der Waals surface area contributed by atoms with Gasteiger partial charge in [0.2, 0.25) is 0 Å². The molecule has 0 saturated heterocycles. The minimum Gasteiger partial charge on any atom is -0.410 e. The Morgan fingerprint density at radius 1 is 1.44 bits per heavy atom. The van der Waals surface area contributed by atoms with Crippen molar-refractivity contribution in [1.29, 1.82) is 0 Å². The van der Waals surface area contributed by atoms with E-state index in [1.54, 1.807) is 6.07 Å². The van der Waals surface area contributed by atoms with Crippen LogP contribution < -0.4 is 10.1 Å². The highest BCUT2D eigenvalue weighted by Gasteiger charge is 2.05. The number of carbonyl (C=O) groups is 1. The lowest BCUT2D eigenvalue weighted by Gasteiger charge is -2.09. The van der Waals surface area contributed by atoms with Crippen LogP contribution in [-0.4, -0.2) is 12.6 Å². The molecule has 0 spiro atoms. The van der Waals surface area contributed by atoms with Crippen LogP contribution >= 0.6 is 0 Å². The summed E-state index contributed by atoms with van der Waals surface area (Å²) in [6.45, 7) is 6.86. The molecular formula is C13H19NO2. The molecule has 0 unspecified atom stereocenters. The van der Waals surface area contributed by atoms with Crippen molar-refractivity contribution >= 4 is 6.09 Å². The normalized spacial score (nSPS) is 10.2. The van der Waals surface area contributed by atoms with Gasteiger partial charge in [0.1, 0.15) is 5.75 Å². The molecular weight excluding hydrogens is 202 g/mol. The van der Waals surface area contributed by atoms with E-state index in [-0.39, 0.29) is 6.09 Å². The summed E-state index contributed by atoms with van der Waals surface area (Å²) in [4.78, 5) is 11.3. The first-order valence-electron chi connectivity index (χ1n) is 5.69. The van der Waals surface area contributed by atoms with Gasteiger partial charge in [0, 0.05) is 6.54 Å². The van der Waals surface area contributed by atoms with Crippen LogP contribution in [0.3, 0.4) is 0 Å².